The van der Waals surface area contributed by atoms with Gasteiger partial charge >= 0.3 is 0 Å². The molecule has 27 heavy (non-hydrogen) atoms. The van der Waals surface area contributed by atoms with E-state index in [9.17, 15) is 4.79 Å². The van der Waals surface area contributed by atoms with Gasteiger partial charge in [-0.3, -0.25) is 4.79 Å². The second-order valence-corrected chi connectivity index (χ2v) is 6.31. The molecular weight excluding hydrogens is 340 g/mol. The van der Waals surface area contributed by atoms with Crippen LogP contribution in [-0.4, -0.2) is 29.0 Å². The average Bonchev–Trinajstić information content (AvgIpc) is 2.69. The third-order valence-electron chi connectivity index (χ3n) is 3.83. The number of hydrogen-bond donors (Lipinski definition) is 1. The number of carbonyl (C=O) groups is 1. The second-order valence-electron chi connectivity index (χ2n) is 6.31. The van der Waals surface area contributed by atoms with Crippen molar-refractivity contribution in [3.63, 3.8) is 0 Å². The number of amides is 1. The molecule has 0 unspecified atom stereocenters. The summed E-state index contributed by atoms with van der Waals surface area (Å²) in [5.41, 5.74) is 2.04. The first kappa shape index (κ1) is 18.4. The van der Waals surface area contributed by atoms with Gasteiger partial charge in [0.1, 0.15) is 5.75 Å². The predicted molar refractivity (Wildman–Crippen MR) is 107 cm³/mol. The summed E-state index contributed by atoms with van der Waals surface area (Å²) in [4.78, 5) is 22.8. The van der Waals surface area contributed by atoms with Crippen LogP contribution in [0, 0.1) is 0 Å². The fourth-order valence-electron chi connectivity index (χ4n) is 2.47. The van der Waals surface area contributed by atoms with E-state index in [0.717, 1.165) is 11.4 Å². The van der Waals surface area contributed by atoms with E-state index in [-0.39, 0.29) is 12.0 Å². The van der Waals surface area contributed by atoms with Crippen LogP contribution in [0.25, 0.3) is 0 Å². The summed E-state index contributed by atoms with van der Waals surface area (Å²) in [5, 5.41) is 2.83. The van der Waals surface area contributed by atoms with Crippen molar-refractivity contribution in [2.24, 2.45) is 0 Å². The van der Waals surface area contributed by atoms with Crippen LogP contribution in [0.1, 0.15) is 24.2 Å². The minimum absolute atomic E-state index is 0.107. The molecule has 0 aliphatic carbocycles. The van der Waals surface area contributed by atoms with Crippen LogP contribution < -0.4 is 15.0 Å². The van der Waals surface area contributed by atoms with Gasteiger partial charge < -0.3 is 15.0 Å². The zero-order valence-electron chi connectivity index (χ0n) is 15.6. The second kappa shape index (κ2) is 8.31. The van der Waals surface area contributed by atoms with E-state index in [4.69, 9.17) is 4.74 Å². The lowest BCUT2D eigenvalue weighted by molar-refractivity contribution is 0.102. The van der Waals surface area contributed by atoms with Gasteiger partial charge in [-0.05, 0) is 50.2 Å². The van der Waals surface area contributed by atoms with Gasteiger partial charge in [0.15, 0.2) is 0 Å². The first-order valence-electron chi connectivity index (χ1n) is 8.72. The molecule has 1 heterocycles. The highest BCUT2D eigenvalue weighted by molar-refractivity contribution is 6.03. The molecule has 1 N–H and O–H groups in total. The van der Waals surface area contributed by atoms with Crippen LogP contribution in [0.3, 0.4) is 0 Å². The van der Waals surface area contributed by atoms with Crippen molar-refractivity contribution in [1.82, 2.24) is 9.97 Å². The summed E-state index contributed by atoms with van der Waals surface area (Å²) in [6.45, 7) is 3.93. The van der Waals surface area contributed by atoms with Gasteiger partial charge in [-0.15, -0.1) is 0 Å². The van der Waals surface area contributed by atoms with Crippen molar-refractivity contribution in [3.05, 3.63) is 72.6 Å². The van der Waals surface area contributed by atoms with Gasteiger partial charge in [-0.1, -0.05) is 18.2 Å². The van der Waals surface area contributed by atoms with E-state index in [1.807, 2.05) is 68.3 Å². The van der Waals surface area contributed by atoms with Gasteiger partial charge in [-0.25, -0.2) is 9.97 Å². The van der Waals surface area contributed by atoms with Crippen LogP contribution >= 0.6 is 0 Å². The maximum Gasteiger partial charge on any atom is 0.258 e. The Hall–Kier alpha value is -3.41. The summed E-state index contributed by atoms with van der Waals surface area (Å²) < 4.78 is 5.59. The van der Waals surface area contributed by atoms with Gasteiger partial charge in [-0.2, -0.15) is 0 Å². The topological polar surface area (TPSA) is 67.3 Å². The molecule has 0 saturated carbocycles. The monoisotopic (exact) mass is 362 g/mol. The lowest BCUT2D eigenvalue weighted by Gasteiger charge is -2.16. The highest BCUT2D eigenvalue weighted by atomic mass is 16.5. The molecule has 0 fully saturated rings. The number of carbonyl (C=O) groups excluding carboxylic acids is 1. The summed E-state index contributed by atoms with van der Waals surface area (Å²) in [7, 11) is 1.88. The van der Waals surface area contributed by atoms with E-state index in [1.54, 1.807) is 12.1 Å². The SMILES string of the molecule is CC(C)Oc1ccc(NC(=O)c2cnc(N(C)c3ccccc3)nc2)cc1. The van der Waals surface area contributed by atoms with E-state index in [2.05, 4.69) is 15.3 Å². The van der Waals surface area contributed by atoms with E-state index in [0.29, 0.717) is 17.2 Å². The van der Waals surface area contributed by atoms with Crippen LogP contribution in [0.15, 0.2) is 67.0 Å². The van der Waals surface area contributed by atoms with Crippen molar-refractivity contribution in [1.29, 1.82) is 0 Å². The number of benzene rings is 2. The van der Waals surface area contributed by atoms with Crippen LogP contribution in [0.4, 0.5) is 17.3 Å². The molecule has 0 saturated heterocycles. The minimum Gasteiger partial charge on any atom is -0.491 e. The Kier molecular flexibility index (Phi) is 5.66. The number of nitrogens with zero attached hydrogens (tertiary/aromatic N) is 3. The molecule has 6 nitrogen and oxygen atoms in total. The third kappa shape index (κ3) is 4.82. The normalized spacial score (nSPS) is 10.5. The fraction of sp³-hybridized carbons (Fsp3) is 0.190. The highest BCUT2D eigenvalue weighted by Gasteiger charge is 2.11. The Morgan fingerprint density at radius 3 is 2.22 bits per heavy atom. The maximum atomic E-state index is 12.4. The lowest BCUT2D eigenvalue weighted by atomic mass is 10.2. The number of anilines is 3. The van der Waals surface area contributed by atoms with E-state index < -0.39 is 0 Å². The first-order chi connectivity index (χ1) is 13.0. The van der Waals surface area contributed by atoms with Crippen LogP contribution in [-0.2, 0) is 0 Å². The first-order valence-corrected chi connectivity index (χ1v) is 8.72. The zero-order chi connectivity index (χ0) is 19.2. The molecule has 0 spiro atoms. The quantitative estimate of drug-likeness (QED) is 0.709. The smallest absolute Gasteiger partial charge is 0.258 e. The van der Waals surface area contributed by atoms with Crippen molar-refractivity contribution >= 4 is 23.2 Å². The number of nitrogens with one attached hydrogen (secondary N) is 1. The molecule has 3 aromatic rings. The molecule has 2 aromatic carbocycles. The summed E-state index contributed by atoms with van der Waals surface area (Å²) in [5.74, 6) is 1.02. The predicted octanol–water partition coefficient (Wildman–Crippen LogP) is 4.28. The highest BCUT2D eigenvalue weighted by Crippen LogP contribution is 2.20. The molecule has 0 aliphatic heterocycles. The number of rotatable bonds is 6. The Bertz CT molecular complexity index is 878. The number of aromatic nitrogens is 2. The molecule has 6 heteroatoms. The minimum atomic E-state index is -0.263. The fourth-order valence-corrected chi connectivity index (χ4v) is 2.47. The Morgan fingerprint density at radius 1 is 1.00 bits per heavy atom. The van der Waals surface area contributed by atoms with E-state index in [1.165, 1.54) is 12.4 Å². The Morgan fingerprint density at radius 2 is 1.63 bits per heavy atom. The van der Waals surface area contributed by atoms with Gasteiger partial charge in [0, 0.05) is 30.8 Å². The molecule has 0 atom stereocenters. The number of hydrogen-bond acceptors (Lipinski definition) is 5. The molecule has 0 radical (unpaired) electrons. The summed E-state index contributed by atoms with van der Waals surface area (Å²) >= 11 is 0. The number of ether oxygens (including phenoxy) is 1. The van der Waals surface area contributed by atoms with Crippen LogP contribution in [0.2, 0.25) is 0 Å². The maximum absolute atomic E-state index is 12.4. The molecule has 0 aliphatic rings. The Labute approximate surface area is 158 Å². The van der Waals surface area contributed by atoms with Crippen molar-refractivity contribution in [2.75, 3.05) is 17.3 Å². The zero-order valence-corrected chi connectivity index (χ0v) is 15.6. The lowest BCUT2D eigenvalue weighted by Crippen LogP contribution is -2.16. The summed E-state index contributed by atoms with van der Waals surface area (Å²) in [6.07, 6.45) is 3.15. The molecule has 1 aromatic heterocycles. The number of para-hydroxylation sites is 1. The molecule has 3 rings (SSSR count). The van der Waals surface area contributed by atoms with E-state index >= 15 is 0 Å². The van der Waals surface area contributed by atoms with Gasteiger partial charge in [0.25, 0.3) is 5.91 Å². The van der Waals surface area contributed by atoms with Crippen molar-refractivity contribution < 1.29 is 9.53 Å². The molecule has 0 bridgehead atoms. The Balaban J connectivity index is 1.65. The average molecular weight is 362 g/mol. The van der Waals surface area contributed by atoms with Crippen LogP contribution in [0.5, 0.6) is 5.75 Å². The molecule has 1 amide bonds. The molecular formula is C21H22N4O2. The summed E-state index contributed by atoms with van der Waals surface area (Å²) in [6, 6.07) is 17.0. The molecule has 138 valence electrons. The van der Waals surface area contributed by atoms with Crippen molar-refractivity contribution in [2.45, 2.75) is 20.0 Å². The standard InChI is InChI=1S/C21H22N4O2/c1-15(2)27-19-11-9-17(10-12-19)24-20(26)16-13-22-21(23-14-16)25(3)18-7-5-4-6-8-18/h4-15H,1-3H3,(H,24,26). The van der Waals surface area contributed by atoms with Gasteiger partial charge in [0.05, 0.1) is 11.7 Å². The van der Waals surface area contributed by atoms with Gasteiger partial charge in [0.2, 0.25) is 5.95 Å². The third-order valence-corrected chi connectivity index (χ3v) is 3.83. The largest absolute Gasteiger partial charge is 0.491 e. The van der Waals surface area contributed by atoms with Crippen molar-refractivity contribution in [3.8, 4) is 5.75 Å².